The van der Waals surface area contributed by atoms with Crippen LogP contribution in [0, 0.1) is 0 Å². The van der Waals surface area contributed by atoms with Crippen molar-refractivity contribution >= 4 is 11.8 Å². The molecule has 1 spiro atoms. The molecule has 4 rings (SSSR count). The molecule has 3 aliphatic heterocycles. The van der Waals surface area contributed by atoms with Gasteiger partial charge >= 0.3 is 6.18 Å². The van der Waals surface area contributed by atoms with E-state index in [1.165, 1.54) is 0 Å². The van der Waals surface area contributed by atoms with Crippen LogP contribution in [-0.4, -0.2) is 73.4 Å². The number of aromatic nitrogens is 2. The summed E-state index contributed by atoms with van der Waals surface area (Å²) < 4.78 is 46.2. The van der Waals surface area contributed by atoms with Gasteiger partial charge in [0.15, 0.2) is 5.69 Å². The van der Waals surface area contributed by atoms with Crippen molar-refractivity contribution in [1.82, 2.24) is 14.9 Å². The lowest BCUT2D eigenvalue weighted by atomic mass is 9.89. The number of morpholine rings is 1. The molecule has 0 unspecified atom stereocenters. The summed E-state index contributed by atoms with van der Waals surface area (Å²) in [4.78, 5) is 14.4. The lowest BCUT2D eigenvalue weighted by molar-refractivity contribution is -0.141. The van der Waals surface area contributed by atoms with Gasteiger partial charge in [-0.05, 0) is 32.7 Å². The van der Waals surface area contributed by atoms with Crippen molar-refractivity contribution in [2.45, 2.75) is 37.5 Å². The third kappa shape index (κ3) is 3.99. The van der Waals surface area contributed by atoms with Gasteiger partial charge in [-0.2, -0.15) is 18.2 Å². The van der Waals surface area contributed by atoms with E-state index in [9.17, 15) is 13.2 Å². The zero-order valence-corrected chi connectivity index (χ0v) is 15.6. The number of ether oxygens (including phenoxy) is 1. The molecule has 150 valence electrons. The summed E-state index contributed by atoms with van der Waals surface area (Å²) in [5.74, 6) is 0.574. The van der Waals surface area contributed by atoms with Gasteiger partial charge in [0.1, 0.15) is 5.82 Å². The Labute approximate surface area is 157 Å². The lowest BCUT2D eigenvalue weighted by Gasteiger charge is -2.46. The van der Waals surface area contributed by atoms with Gasteiger partial charge in [0, 0.05) is 45.3 Å². The summed E-state index contributed by atoms with van der Waals surface area (Å²) >= 11 is 0. The number of nitrogens with zero attached hydrogens (tertiary/aromatic N) is 5. The Balaban J connectivity index is 1.55. The standard InChI is InChI=1S/C18H26F3N5O/c1-24-10-11-27-17(13-24)4-8-25(9-5-17)15-12-14(18(19,20)21)22-16(23-15)26-6-2-3-7-26/h12H,2-11,13H2,1H3. The van der Waals surface area contributed by atoms with E-state index in [0.717, 1.165) is 44.8 Å². The van der Waals surface area contributed by atoms with Crippen LogP contribution in [0.2, 0.25) is 0 Å². The fourth-order valence-corrected chi connectivity index (χ4v) is 4.27. The van der Waals surface area contributed by atoms with Crippen LogP contribution in [0.15, 0.2) is 6.07 Å². The summed E-state index contributed by atoms with van der Waals surface area (Å²) in [5, 5.41) is 0. The van der Waals surface area contributed by atoms with E-state index < -0.39 is 11.9 Å². The predicted molar refractivity (Wildman–Crippen MR) is 96.1 cm³/mol. The highest BCUT2D eigenvalue weighted by Gasteiger charge is 2.40. The Hall–Kier alpha value is -1.61. The van der Waals surface area contributed by atoms with Gasteiger partial charge in [0.25, 0.3) is 0 Å². The molecule has 0 atom stereocenters. The van der Waals surface area contributed by atoms with Crippen molar-refractivity contribution in [1.29, 1.82) is 0 Å². The first-order valence-corrected chi connectivity index (χ1v) is 9.63. The number of alkyl halides is 3. The summed E-state index contributed by atoms with van der Waals surface area (Å²) in [6, 6.07) is 1.09. The van der Waals surface area contributed by atoms with E-state index in [-0.39, 0.29) is 11.5 Å². The number of anilines is 2. The lowest BCUT2D eigenvalue weighted by Crippen LogP contribution is -2.56. The second kappa shape index (κ2) is 7.09. The quantitative estimate of drug-likeness (QED) is 0.779. The van der Waals surface area contributed by atoms with E-state index in [0.29, 0.717) is 38.6 Å². The van der Waals surface area contributed by atoms with E-state index in [1.54, 1.807) is 0 Å². The highest BCUT2D eigenvalue weighted by Crippen LogP contribution is 2.35. The van der Waals surface area contributed by atoms with Gasteiger partial charge in [-0.25, -0.2) is 4.98 Å². The molecule has 0 saturated carbocycles. The van der Waals surface area contributed by atoms with Crippen molar-refractivity contribution in [3.05, 3.63) is 11.8 Å². The highest BCUT2D eigenvalue weighted by molar-refractivity contribution is 5.47. The molecule has 27 heavy (non-hydrogen) atoms. The minimum Gasteiger partial charge on any atom is -0.372 e. The number of piperidine rings is 1. The second-order valence-corrected chi connectivity index (χ2v) is 7.86. The van der Waals surface area contributed by atoms with Crippen molar-refractivity contribution in [2.24, 2.45) is 0 Å². The predicted octanol–water partition coefficient (Wildman–Crippen LogP) is 2.40. The van der Waals surface area contributed by atoms with E-state index >= 15 is 0 Å². The fraction of sp³-hybridized carbons (Fsp3) is 0.778. The van der Waals surface area contributed by atoms with Crippen molar-refractivity contribution in [2.75, 3.05) is 62.7 Å². The SMILES string of the molecule is CN1CCOC2(CCN(c3cc(C(F)(F)F)nc(N4CCCC4)n3)CC2)C1. The Kier molecular flexibility index (Phi) is 4.92. The van der Waals surface area contributed by atoms with E-state index in [4.69, 9.17) is 4.74 Å². The monoisotopic (exact) mass is 385 g/mol. The van der Waals surface area contributed by atoms with Gasteiger partial charge in [-0.3, -0.25) is 0 Å². The van der Waals surface area contributed by atoms with Crippen molar-refractivity contribution in [3.63, 3.8) is 0 Å². The minimum absolute atomic E-state index is 0.179. The molecule has 0 amide bonds. The number of hydrogen-bond donors (Lipinski definition) is 0. The van der Waals surface area contributed by atoms with Crippen LogP contribution >= 0.6 is 0 Å². The minimum atomic E-state index is -4.47. The summed E-state index contributed by atoms with van der Waals surface area (Å²) in [7, 11) is 2.08. The van der Waals surface area contributed by atoms with E-state index in [1.807, 2.05) is 9.80 Å². The van der Waals surface area contributed by atoms with Gasteiger partial charge in [0.2, 0.25) is 5.95 Å². The third-order valence-electron chi connectivity index (χ3n) is 5.82. The van der Waals surface area contributed by atoms with Gasteiger partial charge in [-0.1, -0.05) is 0 Å². The van der Waals surface area contributed by atoms with E-state index in [2.05, 4.69) is 21.9 Å². The summed E-state index contributed by atoms with van der Waals surface area (Å²) in [5.41, 5.74) is -1.04. The smallest absolute Gasteiger partial charge is 0.372 e. The molecule has 0 aromatic carbocycles. The van der Waals surface area contributed by atoms with Crippen LogP contribution in [-0.2, 0) is 10.9 Å². The normalized spacial score (nSPS) is 24.0. The topological polar surface area (TPSA) is 44.7 Å². The molecule has 0 radical (unpaired) electrons. The molecule has 1 aromatic rings. The summed E-state index contributed by atoms with van der Waals surface area (Å²) in [6.45, 7) is 5.21. The Morgan fingerprint density at radius 3 is 2.33 bits per heavy atom. The average Bonchev–Trinajstić information content (AvgIpc) is 3.16. The molecular weight excluding hydrogens is 359 g/mol. The van der Waals surface area contributed by atoms with Crippen LogP contribution < -0.4 is 9.80 Å². The molecule has 9 heteroatoms. The number of likely N-dealkylation sites (N-methyl/N-ethyl adjacent to an activating group) is 1. The molecule has 0 bridgehead atoms. The fourth-order valence-electron chi connectivity index (χ4n) is 4.27. The Bertz CT molecular complexity index is 669. The molecule has 0 aliphatic carbocycles. The Morgan fingerprint density at radius 2 is 1.70 bits per heavy atom. The zero-order valence-electron chi connectivity index (χ0n) is 15.6. The molecule has 3 aliphatic rings. The largest absolute Gasteiger partial charge is 0.433 e. The highest BCUT2D eigenvalue weighted by atomic mass is 19.4. The van der Waals surface area contributed by atoms with Crippen molar-refractivity contribution < 1.29 is 17.9 Å². The van der Waals surface area contributed by atoms with Crippen LogP contribution in [0.4, 0.5) is 24.9 Å². The molecule has 1 aromatic heterocycles. The molecule has 3 saturated heterocycles. The van der Waals surface area contributed by atoms with Gasteiger partial charge in [-0.15, -0.1) is 0 Å². The first-order chi connectivity index (χ1) is 12.8. The molecule has 6 nitrogen and oxygen atoms in total. The number of rotatable bonds is 2. The second-order valence-electron chi connectivity index (χ2n) is 7.86. The Morgan fingerprint density at radius 1 is 1.00 bits per heavy atom. The van der Waals surface area contributed by atoms with Crippen LogP contribution in [0.25, 0.3) is 0 Å². The average molecular weight is 385 g/mol. The molecule has 4 heterocycles. The van der Waals surface area contributed by atoms with Crippen LogP contribution in [0.5, 0.6) is 0 Å². The molecule has 3 fully saturated rings. The van der Waals surface area contributed by atoms with Crippen LogP contribution in [0.3, 0.4) is 0 Å². The number of halogens is 3. The molecule has 0 N–H and O–H groups in total. The third-order valence-corrected chi connectivity index (χ3v) is 5.82. The zero-order chi connectivity index (χ0) is 19.1. The summed E-state index contributed by atoms with van der Waals surface area (Å²) in [6.07, 6.45) is -0.958. The maximum Gasteiger partial charge on any atom is 0.433 e. The van der Waals surface area contributed by atoms with Gasteiger partial charge < -0.3 is 19.4 Å². The van der Waals surface area contributed by atoms with Crippen molar-refractivity contribution in [3.8, 4) is 0 Å². The first-order valence-electron chi connectivity index (χ1n) is 9.63. The first kappa shape index (κ1) is 18.7. The molecular formula is C18H26F3N5O. The van der Waals surface area contributed by atoms with Crippen LogP contribution in [0.1, 0.15) is 31.4 Å². The maximum absolute atomic E-state index is 13.4. The maximum atomic E-state index is 13.4. The van der Waals surface area contributed by atoms with Gasteiger partial charge in [0.05, 0.1) is 12.2 Å². The number of hydrogen-bond acceptors (Lipinski definition) is 6.